The lowest BCUT2D eigenvalue weighted by Crippen LogP contribution is -2.23. The third-order valence-electron chi connectivity index (χ3n) is 0.544. The first-order valence-electron chi connectivity index (χ1n) is 2.87. The van der Waals surface area contributed by atoms with E-state index in [4.69, 9.17) is 9.90 Å². The summed E-state index contributed by atoms with van der Waals surface area (Å²) >= 11 is 4.12. The molecule has 6 heteroatoms. The molecule has 0 unspecified atom stereocenters. The Morgan fingerprint density at radius 3 is 1.83 bits per heavy atom. The normalized spacial score (nSPS) is 9.42. The molecule has 0 heterocycles. The SMILES string of the molecule is CC(=O)O.COC(=S)C(C)(F)F. The highest BCUT2D eigenvalue weighted by atomic mass is 32.1. The van der Waals surface area contributed by atoms with Crippen LogP contribution in [0.4, 0.5) is 8.78 Å². The highest BCUT2D eigenvalue weighted by Crippen LogP contribution is 2.13. The topological polar surface area (TPSA) is 46.5 Å². The van der Waals surface area contributed by atoms with E-state index in [-0.39, 0.29) is 0 Å². The highest BCUT2D eigenvalue weighted by molar-refractivity contribution is 7.80. The summed E-state index contributed by atoms with van der Waals surface area (Å²) < 4.78 is 27.8. The lowest BCUT2D eigenvalue weighted by Gasteiger charge is -2.08. The van der Waals surface area contributed by atoms with Crippen LogP contribution in [-0.2, 0) is 9.53 Å². The van der Waals surface area contributed by atoms with Crippen LogP contribution in [-0.4, -0.2) is 29.2 Å². The van der Waals surface area contributed by atoms with Gasteiger partial charge in [-0.2, -0.15) is 8.78 Å². The highest BCUT2D eigenvalue weighted by Gasteiger charge is 2.28. The summed E-state index contributed by atoms with van der Waals surface area (Å²) in [7, 11) is 1.12. The zero-order valence-corrected chi connectivity index (χ0v) is 7.74. The minimum Gasteiger partial charge on any atom is -0.485 e. The number of methoxy groups -OCH3 is 1. The number of hydrogen-bond acceptors (Lipinski definition) is 3. The van der Waals surface area contributed by atoms with E-state index < -0.39 is 16.9 Å². The zero-order valence-electron chi connectivity index (χ0n) is 6.93. The summed E-state index contributed by atoms with van der Waals surface area (Å²) in [5, 5.41) is 6.75. The molecule has 0 aliphatic carbocycles. The summed E-state index contributed by atoms with van der Waals surface area (Å²) in [6.07, 6.45) is 0. The van der Waals surface area contributed by atoms with Gasteiger partial charge in [-0.25, -0.2) is 0 Å². The van der Waals surface area contributed by atoms with Gasteiger partial charge in [-0.05, 0) is 12.2 Å². The number of thiocarbonyl (C=S) groups is 1. The van der Waals surface area contributed by atoms with Crippen LogP contribution in [0.25, 0.3) is 0 Å². The minimum atomic E-state index is -2.98. The van der Waals surface area contributed by atoms with Crippen molar-refractivity contribution in [1.82, 2.24) is 0 Å². The maximum Gasteiger partial charge on any atom is 0.311 e. The first-order valence-corrected chi connectivity index (χ1v) is 3.28. The summed E-state index contributed by atoms with van der Waals surface area (Å²) in [6.45, 7) is 1.78. The largest absolute Gasteiger partial charge is 0.485 e. The molecule has 0 aromatic rings. The van der Waals surface area contributed by atoms with Crippen LogP contribution < -0.4 is 0 Å². The zero-order chi connectivity index (χ0) is 10.4. The van der Waals surface area contributed by atoms with Gasteiger partial charge < -0.3 is 9.84 Å². The molecule has 0 aromatic carbocycles. The molecule has 0 saturated heterocycles. The van der Waals surface area contributed by atoms with Crippen molar-refractivity contribution >= 4 is 23.2 Å². The summed E-state index contributed by atoms with van der Waals surface area (Å²) in [4.78, 5) is 9.00. The van der Waals surface area contributed by atoms with Crippen molar-refractivity contribution < 1.29 is 23.4 Å². The van der Waals surface area contributed by atoms with Crippen LogP contribution in [0.1, 0.15) is 13.8 Å². The Balaban J connectivity index is 0. The molecule has 0 aromatic heterocycles. The molecule has 72 valence electrons. The van der Waals surface area contributed by atoms with Crippen molar-refractivity contribution in [2.75, 3.05) is 7.11 Å². The number of aliphatic carboxylic acids is 1. The van der Waals surface area contributed by atoms with Gasteiger partial charge in [-0.1, -0.05) is 0 Å². The van der Waals surface area contributed by atoms with Gasteiger partial charge in [0.1, 0.15) is 0 Å². The van der Waals surface area contributed by atoms with Crippen LogP contribution in [0.3, 0.4) is 0 Å². The van der Waals surface area contributed by atoms with Crippen molar-refractivity contribution in [2.45, 2.75) is 19.8 Å². The van der Waals surface area contributed by atoms with Crippen molar-refractivity contribution in [2.24, 2.45) is 0 Å². The molecule has 1 N–H and O–H groups in total. The smallest absolute Gasteiger partial charge is 0.311 e. The average Bonchev–Trinajstić information content (AvgIpc) is 1.82. The molecule has 0 aliphatic rings. The minimum absolute atomic E-state index is 0.669. The second-order valence-corrected chi connectivity index (χ2v) is 2.27. The van der Waals surface area contributed by atoms with E-state index in [9.17, 15) is 8.78 Å². The molecule has 0 radical (unpaired) electrons. The number of rotatable bonds is 1. The van der Waals surface area contributed by atoms with Gasteiger partial charge in [0.15, 0.2) is 0 Å². The maximum atomic E-state index is 11.8. The van der Waals surface area contributed by atoms with Crippen molar-refractivity contribution in [1.29, 1.82) is 0 Å². The molecule has 0 fully saturated rings. The van der Waals surface area contributed by atoms with Gasteiger partial charge in [0, 0.05) is 13.8 Å². The number of hydrogen-bond donors (Lipinski definition) is 1. The van der Waals surface area contributed by atoms with E-state index in [1.165, 1.54) is 0 Å². The van der Waals surface area contributed by atoms with Gasteiger partial charge in [0.25, 0.3) is 5.97 Å². The van der Waals surface area contributed by atoms with Crippen molar-refractivity contribution in [3.8, 4) is 0 Å². The van der Waals surface area contributed by atoms with Crippen LogP contribution in [0.5, 0.6) is 0 Å². The number of ether oxygens (including phenoxy) is 1. The van der Waals surface area contributed by atoms with E-state index in [1.807, 2.05) is 0 Å². The monoisotopic (exact) mass is 200 g/mol. The van der Waals surface area contributed by atoms with E-state index in [2.05, 4.69) is 17.0 Å². The van der Waals surface area contributed by atoms with Gasteiger partial charge in [-0.15, -0.1) is 0 Å². The molecule has 0 bridgehead atoms. The second kappa shape index (κ2) is 5.82. The summed E-state index contributed by atoms with van der Waals surface area (Å²) in [5.41, 5.74) is 0. The van der Waals surface area contributed by atoms with Gasteiger partial charge in [0.05, 0.1) is 7.11 Å². The number of carbonyl (C=O) groups is 1. The Morgan fingerprint density at radius 2 is 1.83 bits per heavy atom. The van der Waals surface area contributed by atoms with Crippen LogP contribution in [0.15, 0.2) is 0 Å². The van der Waals surface area contributed by atoms with E-state index in [0.29, 0.717) is 6.92 Å². The third kappa shape index (κ3) is 12.0. The Labute approximate surface area is 74.3 Å². The Morgan fingerprint density at radius 1 is 1.58 bits per heavy atom. The predicted octanol–water partition coefficient (Wildman–Crippen LogP) is 1.71. The fraction of sp³-hybridized carbons (Fsp3) is 0.667. The van der Waals surface area contributed by atoms with E-state index in [0.717, 1.165) is 14.0 Å². The number of carboxylic acids is 1. The fourth-order valence-electron chi connectivity index (χ4n) is 0.179. The Kier molecular flexibility index (Phi) is 6.68. The standard InChI is InChI=1S/C4H6F2OS.C2H4O2/c1-4(5,6)3(8)7-2;1-2(3)4/h1-2H3;1H3,(H,3,4). The first kappa shape index (κ1) is 13.8. The lowest BCUT2D eigenvalue weighted by molar-refractivity contribution is -0.134. The molecule has 0 saturated carbocycles. The molecule has 12 heavy (non-hydrogen) atoms. The first-order chi connectivity index (χ1) is 5.21. The van der Waals surface area contributed by atoms with Gasteiger partial charge >= 0.3 is 5.92 Å². The van der Waals surface area contributed by atoms with Crippen molar-refractivity contribution in [3.63, 3.8) is 0 Å². The predicted molar refractivity (Wildman–Crippen MR) is 43.5 cm³/mol. The Bertz CT molecular complexity index is 161. The number of alkyl halides is 2. The van der Waals surface area contributed by atoms with E-state index >= 15 is 0 Å². The van der Waals surface area contributed by atoms with E-state index in [1.54, 1.807) is 0 Å². The van der Waals surface area contributed by atoms with Crippen LogP contribution in [0.2, 0.25) is 0 Å². The fourth-order valence-corrected chi connectivity index (χ4v) is 0.179. The van der Waals surface area contributed by atoms with Gasteiger partial charge in [0.2, 0.25) is 5.05 Å². The van der Waals surface area contributed by atoms with Crippen LogP contribution in [0, 0.1) is 0 Å². The molecule has 0 amide bonds. The summed E-state index contributed by atoms with van der Waals surface area (Å²) in [6, 6.07) is 0. The van der Waals surface area contributed by atoms with Crippen molar-refractivity contribution in [3.05, 3.63) is 0 Å². The second-order valence-electron chi connectivity index (χ2n) is 1.90. The summed E-state index contributed by atoms with van der Waals surface area (Å²) in [5.74, 6) is -3.82. The molecular weight excluding hydrogens is 190 g/mol. The number of halogens is 2. The molecule has 0 atom stereocenters. The number of carboxylic acid groups (broad SMARTS) is 1. The molecule has 0 rings (SSSR count). The molecule has 0 spiro atoms. The quantitative estimate of drug-likeness (QED) is 0.654. The lowest BCUT2D eigenvalue weighted by atomic mass is 10.4. The van der Waals surface area contributed by atoms with Gasteiger partial charge in [-0.3, -0.25) is 4.79 Å². The Hall–Kier alpha value is -0.780. The van der Waals surface area contributed by atoms with Crippen LogP contribution >= 0.6 is 12.2 Å². The average molecular weight is 200 g/mol. The molecule has 3 nitrogen and oxygen atoms in total. The maximum absolute atomic E-state index is 11.8. The molecular formula is C6H10F2O3S. The third-order valence-corrected chi connectivity index (χ3v) is 1.07. The molecule has 0 aliphatic heterocycles.